The van der Waals surface area contributed by atoms with Crippen molar-refractivity contribution >= 4 is 35.2 Å². The van der Waals surface area contributed by atoms with E-state index < -0.39 is 36.8 Å². The van der Waals surface area contributed by atoms with Gasteiger partial charge in [0.25, 0.3) is 17.7 Å². The van der Waals surface area contributed by atoms with Gasteiger partial charge >= 0.3 is 5.97 Å². The predicted molar refractivity (Wildman–Crippen MR) is 97.8 cm³/mol. The lowest BCUT2D eigenvalue weighted by Crippen LogP contribution is -2.36. The van der Waals surface area contributed by atoms with E-state index in [0.29, 0.717) is 11.3 Å². The van der Waals surface area contributed by atoms with E-state index in [4.69, 9.17) is 4.74 Å². The number of hydrogen-bond acceptors (Lipinski definition) is 6. The molecule has 0 aliphatic carbocycles. The fraction of sp³-hybridized carbons (Fsp3) is 0.150. The minimum Gasteiger partial charge on any atom is -0.454 e. The van der Waals surface area contributed by atoms with Crippen LogP contribution in [0.15, 0.2) is 48.5 Å². The van der Waals surface area contributed by atoms with E-state index >= 15 is 0 Å². The number of benzene rings is 2. The van der Waals surface area contributed by atoms with Crippen molar-refractivity contribution in [2.24, 2.45) is 0 Å². The number of ketones is 1. The summed E-state index contributed by atoms with van der Waals surface area (Å²) in [5.74, 6) is -2.72. The SMILES string of the molecule is CC(=O)c1ccc(NC(=O)COC(=O)CN2C(=O)c3ccccc3C2=O)cc1. The molecular formula is C20H16N2O6. The summed E-state index contributed by atoms with van der Waals surface area (Å²) in [6.07, 6.45) is 0. The molecule has 1 aliphatic heterocycles. The maximum Gasteiger partial charge on any atom is 0.326 e. The molecule has 0 atom stereocenters. The summed E-state index contributed by atoms with van der Waals surface area (Å²) in [5.41, 5.74) is 1.40. The standard InChI is InChI=1S/C20H16N2O6/c1-12(23)13-6-8-14(9-7-13)21-17(24)11-28-18(25)10-22-19(26)15-4-2-3-5-16(15)20(22)27/h2-9H,10-11H2,1H3,(H,21,24). The van der Waals surface area contributed by atoms with Crippen molar-refractivity contribution in [3.63, 3.8) is 0 Å². The molecule has 0 spiro atoms. The number of nitrogens with one attached hydrogen (secondary N) is 1. The number of esters is 1. The van der Waals surface area contributed by atoms with Gasteiger partial charge in [-0.15, -0.1) is 0 Å². The lowest BCUT2D eigenvalue weighted by molar-refractivity contribution is -0.147. The smallest absolute Gasteiger partial charge is 0.326 e. The van der Waals surface area contributed by atoms with Gasteiger partial charge in [0, 0.05) is 11.3 Å². The lowest BCUT2D eigenvalue weighted by atomic mass is 10.1. The third-order valence-corrected chi connectivity index (χ3v) is 4.10. The Kier molecular flexibility index (Phi) is 5.30. The summed E-state index contributed by atoms with van der Waals surface area (Å²) in [6, 6.07) is 12.5. The number of rotatable bonds is 6. The third-order valence-electron chi connectivity index (χ3n) is 4.10. The van der Waals surface area contributed by atoms with Crippen LogP contribution in [-0.2, 0) is 14.3 Å². The quantitative estimate of drug-likeness (QED) is 0.464. The minimum absolute atomic E-state index is 0.0973. The van der Waals surface area contributed by atoms with Crippen LogP contribution >= 0.6 is 0 Å². The van der Waals surface area contributed by atoms with Gasteiger partial charge in [-0.3, -0.25) is 28.9 Å². The van der Waals surface area contributed by atoms with E-state index in [1.807, 2.05) is 0 Å². The zero-order valence-electron chi connectivity index (χ0n) is 14.9. The van der Waals surface area contributed by atoms with Crippen LogP contribution in [0.3, 0.4) is 0 Å². The molecule has 0 fully saturated rings. The Bertz CT molecular complexity index is 945. The summed E-state index contributed by atoms with van der Waals surface area (Å²) in [6.45, 7) is 0.283. The Balaban J connectivity index is 1.50. The summed E-state index contributed by atoms with van der Waals surface area (Å²) in [5, 5.41) is 2.51. The molecule has 0 radical (unpaired) electrons. The zero-order chi connectivity index (χ0) is 20.3. The molecule has 28 heavy (non-hydrogen) atoms. The monoisotopic (exact) mass is 380 g/mol. The average Bonchev–Trinajstić information content (AvgIpc) is 2.92. The molecule has 8 nitrogen and oxygen atoms in total. The Labute approximate surface area is 160 Å². The van der Waals surface area contributed by atoms with Gasteiger partial charge in [0.1, 0.15) is 6.54 Å². The second-order valence-corrected chi connectivity index (χ2v) is 6.08. The highest BCUT2D eigenvalue weighted by atomic mass is 16.5. The first kappa shape index (κ1) is 19.0. The molecule has 0 bridgehead atoms. The van der Waals surface area contributed by atoms with E-state index in [-0.39, 0.29) is 16.9 Å². The van der Waals surface area contributed by atoms with E-state index in [2.05, 4.69) is 5.32 Å². The number of imide groups is 1. The first-order chi connectivity index (χ1) is 13.4. The minimum atomic E-state index is -0.878. The second-order valence-electron chi connectivity index (χ2n) is 6.08. The maximum atomic E-state index is 12.2. The van der Waals surface area contributed by atoms with Crippen LogP contribution in [0.4, 0.5) is 5.69 Å². The molecule has 1 heterocycles. The highest BCUT2D eigenvalue weighted by Gasteiger charge is 2.36. The number of carbonyl (C=O) groups excluding carboxylic acids is 5. The van der Waals surface area contributed by atoms with Crippen molar-refractivity contribution < 1.29 is 28.7 Å². The Morgan fingerprint density at radius 2 is 1.50 bits per heavy atom. The molecule has 3 amide bonds. The molecule has 2 aromatic carbocycles. The molecule has 0 saturated heterocycles. The maximum absolute atomic E-state index is 12.2. The summed E-state index contributed by atoms with van der Waals surface area (Å²) >= 11 is 0. The van der Waals surface area contributed by atoms with Gasteiger partial charge in [-0.25, -0.2) is 0 Å². The fourth-order valence-corrected chi connectivity index (χ4v) is 2.69. The molecule has 0 saturated carbocycles. The Hall–Kier alpha value is -3.81. The van der Waals surface area contributed by atoms with E-state index in [9.17, 15) is 24.0 Å². The number of ether oxygens (including phenoxy) is 1. The van der Waals surface area contributed by atoms with E-state index in [1.54, 1.807) is 36.4 Å². The van der Waals surface area contributed by atoms with Crippen LogP contribution in [0.1, 0.15) is 38.0 Å². The molecule has 0 unspecified atom stereocenters. The van der Waals surface area contributed by atoms with Crippen molar-refractivity contribution in [2.75, 3.05) is 18.5 Å². The summed E-state index contributed by atoms with van der Waals surface area (Å²) in [7, 11) is 0. The topological polar surface area (TPSA) is 110 Å². The van der Waals surface area contributed by atoms with Gasteiger partial charge in [-0.2, -0.15) is 0 Å². The highest BCUT2D eigenvalue weighted by molar-refractivity contribution is 6.22. The van der Waals surface area contributed by atoms with Crippen LogP contribution in [0.5, 0.6) is 0 Å². The van der Waals surface area contributed by atoms with Crippen LogP contribution in [0, 0.1) is 0 Å². The Morgan fingerprint density at radius 3 is 2.04 bits per heavy atom. The van der Waals surface area contributed by atoms with Gasteiger partial charge in [0.15, 0.2) is 12.4 Å². The van der Waals surface area contributed by atoms with Gasteiger partial charge in [-0.1, -0.05) is 12.1 Å². The first-order valence-corrected chi connectivity index (χ1v) is 8.38. The third kappa shape index (κ3) is 3.96. The van der Waals surface area contributed by atoms with Crippen LogP contribution < -0.4 is 5.32 Å². The van der Waals surface area contributed by atoms with Crippen LogP contribution in [0.25, 0.3) is 0 Å². The molecule has 3 rings (SSSR count). The number of hydrogen-bond donors (Lipinski definition) is 1. The lowest BCUT2D eigenvalue weighted by Gasteiger charge is -2.13. The van der Waals surface area contributed by atoms with E-state index in [0.717, 1.165) is 4.90 Å². The van der Waals surface area contributed by atoms with Crippen LogP contribution in [-0.4, -0.2) is 47.5 Å². The molecule has 1 aliphatic rings. The number of carbonyl (C=O) groups is 5. The van der Waals surface area contributed by atoms with Gasteiger partial charge in [0.2, 0.25) is 0 Å². The number of amides is 3. The van der Waals surface area contributed by atoms with Crippen molar-refractivity contribution in [3.05, 3.63) is 65.2 Å². The predicted octanol–water partition coefficient (Wildman–Crippen LogP) is 1.67. The van der Waals surface area contributed by atoms with E-state index in [1.165, 1.54) is 19.1 Å². The average molecular weight is 380 g/mol. The molecule has 0 aromatic heterocycles. The van der Waals surface area contributed by atoms with Crippen molar-refractivity contribution in [1.82, 2.24) is 4.90 Å². The first-order valence-electron chi connectivity index (χ1n) is 8.38. The number of Topliss-reactive ketones (excluding diaryl/α,β-unsaturated/α-hetero) is 1. The van der Waals surface area contributed by atoms with Gasteiger partial charge in [-0.05, 0) is 43.3 Å². The summed E-state index contributed by atoms with van der Waals surface area (Å²) < 4.78 is 4.84. The number of nitrogens with zero attached hydrogens (tertiary/aromatic N) is 1. The highest BCUT2D eigenvalue weighted by Crippen LogP contribution is 2.22. The molecule has 2 aromatic rings. The molecule has 8 heteroatoms. The zero-order valence-corrected chi connectivity index (χ0v) is 14.9. The van der Waals surface area contributed by atoms with Gasteiger partial charge < -0.3 is 10.1 Å². The fourth-order valence-electron chi connectivity index (χ4n) is 2.69. The second kappa shape index (κ2) is 7.83. The Morgan fingerprint density at radius 1 is 0.929 bits per heavy atom. The van der Waals surface area contributed by atoms with Gasteiger partial charge in [0.05, 0.1) is 11.1 Å². The van der Waals surface area contributed by atoms with Crippen LogP contribution in [0.2, 0.25) is 0 Å². The normalized spacial score (nSPS) is 12.5. The van der Waals surface area contributed by atoms with Crippen molar-refractivity contribution in [3.8, 4) is 0 Å². The molecule has 1 N–H and O–H groups in total. The van der Waals surface area contributed by atoms with Crippen molar-refractivity contribution in [1.29, 1.82) is 0 Å². The van der Waals surface area contributed by atoms with Crippen molar-refractivity contribution in [2.45, 2.75) is 6.92 Å². The summed E-state index contributed by atoms with van der Waals surface area (Å²) in [4.78, 5) is 60.2. The number of anilines is 1. The number of fused-ring (bicyclic) bond motifs is 1. The molecular weight excluding hydrogens is 364 g/mol. The molecule has 142 valence electrons. The largest absolute Gasteiger partial charge is 0.454 e.